The van der Waals surface area contributed by atoms with E-state index in [1.54, 1.807) is 48.5 Å². The lowest BCUT2D eigenvalue weighted by Crippen LogP contribution is -2.10. The Morgan fingerprint density at radius 3 is 2.04 bits per heavy atom. The van der Waals surface area contributed by atoms with E-state index in [0.29, 0.717) is 29.4 Å². The van der Waals surface area contributed by atoms with Crippen molar-refractivity contribution in [1.82, 2.24) is 0 Å². The second-order valence-electron chi connectivity index (χ2n) is 6.09. The largest absolute Gasteiger partial charge is 0.462 e. The molecule has 0 aliphatic rings. The number of ether oxygens (including phenoxy) is 2. The molecule has 0 saturated heterocycles. The van der Waals surface area contributed by atoms with Gasteiger partial charge in [-0.15, -0.1) is 0 Å². The molecule has 0 bridgehead atoms. The van der Waals surface area contributed by atoms with Crippen molar-refractivity contribution in [1.29, 1.82) is 0 Å². The van der Waals surface area contributed by atoms with Crippen molar-refractivity contribution in [2.45, 2.75) is 26.7 Å². The van der Waals surface area contributed by atoms with Crippen molar-refractivity contribution in [3.63, 3.8) is 0 Å². The molecular weight excluding hydrogens is 384 g/mol. The number of hydrogen-bond acceptors (Lipinski definition) is 4. The van der Waals surface area contributed by atoms with Gasteiger partial charge < -0.3 is 9.47 Å². The molecule has 0 atom stereocenters. The van der Waals surface area contributed by atoms with Crippen molar-refractivity contribution < 1.29 is 19.1 Å². The highest BCUT2D eigenvalue weighted by molar-refractivity contribution is 9.10. The van der Waals surface area contributed by atoms with E-state index in [9.17, 15) is 9.59 Å². The van der Waals surface area contributed by atoms with Gasteiger partial charge in [-0.05, 0) is 67.3 Å². The lowest BCUT2D eigenvalue weighted by Gasteiger charge is -2.07. The number of hydrogen-bond donors (Lipinski definition) is 0. The van der Waals surface area contributed by atoms with Gasteiger partial charge in [0, 0.05) is 4.47 Å². The minimum atomic E-state index is -0.473. The van der Waals surface area contributed by atoms with Crippen molar-refractivity contribution >= 4 is 27.9 Å². The maximum absolute atomic E-state index is 12.1. The van der Waals surface area contributed by atoms with Crippen LogP contribution in [0.5, 0.6) is 5.75 Å². The summed E-state index contributed by atoms with van der Waals surface area (Å²) >= 11 is 3.32. The van der Waals surface area contributed by atoms with Gasteiger partial charge in [0.05, 0.1) is 17.7 Å². The maximum Gasteiger partial charge on any atom is 0.343 e. The highest BCUT2D eigenvalue weighted by Gasteiger charge is 2.12. The molecule has 0 heterocycles. The summed E-state index contributed by atoms with van der Waals surface area (Å²) in [5.41, 5.74) is 0.795. The number of esters is 2. The molecule has 0 aliphatic carbocycles. The minimum absolute atomic E-state index is 0.374. The average Bonchev–Trinajstić information content (AvgIpc) is 2.60. The molecule has 0 amide bonds. The molecule has 4 nitrogen and oxygen atoms in total. The standard InChI is InChI=1S/C20H21BrO4/c1-14(2)4-3-13-24-19(22)15-5-7-16(8-6-15)20(23)25-18-11-9-17(21)10-12-18/h5-12,14H,3-4,13H2,1-2H3. The Morgan fingerprint density at radius 2 is 1.48 bits per heavy atom. The summed E-state index contributed by atoms with van der Waals surface area (Å²) in [6, 6.07) is 13.3. The minimum Gasteiger partial charge on any atom is -0.462 e. The Labute approximate surface area is 156 Å². The zero-order valence-electron chi connectivity index (χ0n) is 14.3. The van der Waals surface area contributed by atoms with Crippen LogP contribution in [0.1, 0.15) is 47.4 Å². The monoisotopic (exact) mass is 404 g/mol. The molecule has 0 aromatic heterocycles. The van der Waals surface area contributed by atoms with Gasteiger partial charge in [-0.25, -0.2) is 9.59 Å². The van der Waals surface area contributed by atoms with Crippen LogP contribution in [0.3, 0.4) is 0 Å². The van der Waals surface area contributed by atoms with E-state index in [1.807, 2.05) is 0 Å². The molecule has 0 aliphatic heterocycles. The highest BCUT2D eigenvalue weighted by Crippen LogP contribution is 2.18. The molecule has 2 aromatic carbocycles. The Hall–Kier alpha value is -2.14. The third-order valence-electron chi connectivity index (χ3n) is 3.54. The number of rotatable bonds is 7. The number of carbonyl (C=O) groups is 2. The fraction of sp³-hybridized carbons (Fsp3) is 0.300. The van der Waals surface area contributed by atoms with Crippen molar-refractivity contribution in [3.05, 3.63) is 64.1 Å². The van der Waals surface area contributed by atoms with Crippen molar-refractivity contribution in [3.8, 4) is 5.75 Å². The first kappa shape index (κ1) is 19.2. The third kappa shape index (κ3) is 6.35. The summed E-state index contributed by atoms with van der Waals surface area (Å²) in [6.45, 7) is 4.67. The summed E-state index contributed by atoms with van der Waals surface area (Å²) in [5.74, 6) is 0.201. The van der Waals surface area contributed by atoms with Crippen LogP contribution in [0.2, 0.25) is 0 Å². The first-order valence-corrected chi connectivity index (χ1v) is 9.00. The predicted octanol–water partition coefficient (Wildman–Crippen LogP) is 5.26. The zero-order chi connectivity index (χ0) is 18.2. The fourth-order valence-electron chi connectivity index (χ4n) is 2.15. The van der Waals surface area contributed by atoms with E-state index in [1.165, 1.54) is 0 Å². The van der Waals surface area contributed by atoms with Crippen LogP contribution in [0.4, 0.5) is 0 Å². The first-order chi connectivity index (χ1) is 12.0. The highest BCUT2D eigenvalue weighted by atomic mass is 79.9. The summed E-state index contributed by atoms with van der Waals surface area (Å²) in [4.78, 5) is 24.1. The van der Waals surface area contributed by atoms with Gasteiger partial charge in [-0.2, -0.15) is 0 Å². The number of carbonyl (C=O) groups excluding carboxylic acids is 2. The van der Waals surface area contributed by atoms with E-state index in [-0.39, 0.29) is 5.97 Å². The number of benzene rings is 2. The topological polar surface area (TPSA) is 52.6 Å². The molecule has 0 fully saturated rings. The number of halogens is 1. The Bertz CT molecular complexity index is 705. The van der Waals surface area contributed by atoms with Crippen LogP contribution in [0.15, 0.2) is 53.0 Å². The molecular formula is C20H21BrO4. The Balaban J connectivity index is 1.89. The van der Waals surface area contributed by atoms with Crippen LogP contribution in [0, 0.1) is 5.92 Å². The molecule has 0 radical (unpaired) electrons. The second kappa shape index (κ2) is 9.37. The zero-order valence-corrected chi connectivity index (χ0v) is 15.9. The van der Waals surface area contributed by atoms with E-state index >= 15 is 0 Å². The quantitative estimate of drug-likeness (QED) is 0.358. The van der Waals surface area contributed by atoms with Crippen LogP contribution in [-0.2, 0) is 4.74 Å². The van der Waals surface area contributed by atoms with E-state index < -0.39 is 5.97 Å². The summed E-state index contributed by atoms with van der Waals surface area (Å²) in [7, 11) is 0. The SMILES string of the molecule is CC(C)CCCOC(=O)c1ccc(C(=O)Oc2ccc(Br)cc2)cc1. The first-order valence-electron chi connectivity index (χ1n) is 8.20. The summed E-state index contributed by atoms with van der Waals surface area (Å²) < 4.78 is 11.4. The molecule has 132 valence electrons. The molecule has 2 aromatic rings. The summed E-state index contributed by atoms with van der Waals surface area (Å²) in [6.07, 6.45) is 1.87. The van der Waals surface area contributed by atoms with E-state index in [2.05, 4.69) is 29.8 Å². The Kier molecular flexibility index (Phi) is 7.19. The van der Waals surface area contributed by atoms with Crippen LogP contribution < -0.4 is 4.74 Å². The maximum atomic E-state index is 12.1. The van der Waals surface area contributed by atoms with Crippen LogP contribution >= 0.6 is 15.9 Å². The lowest BCUT2D eigenvalue weighted by molar-refractivity contribution is 0.0494. The third-order valence-corrected chi connectivity index (χ3v) is 4.07. The van der Waals surface area contributed by atoms with Gasteiger partial charge in [0.2, 0.25) is 0 Å². The molecule has 0 unspecified atom stereocenters. The molecule has 0 N–H and O–H groups in total. The molecule has 0 spiro atoms. The fourth-order valence-corrected chi connectivity index (χ4v) is 2.42. The van der Waals surface area contributed by atoms with E-state index in [0.717, 1.165) is 17.3 Å². The lowest BCUT2D eigenvalue weighted by atomic mass is 10.1. The average molecular weight is 405 g/mol. The molecule has 0 saturated carbocycles. The van der Waals surface area contributed by atoms with Crippen LogP contribution in [0.25, 0.3) is 0 Å². The van der Waals surface area contributed by atoms with Gasteiger partial charge >= 0.3 is 11.9 Å². The smallest absolute Gasteiger partial charge is 0.343 e. The predicted molar refractivity (Wildman–Crippen MR) is 99.9 cm³/mol. The molecule has 5 heteroatoms. The van der Waals surface area contributed by atoms with Gasteiger partial charge in [0.1, 0.15) is 5.75 Å². The Morgan fingerprint density at radius 1 is 0.920 bits per heavy atom. The van der Waals surface area contributed by atoms with Crippen LogP contribution in [-0.4, -0.2) is 18.5 Å². The normalized spacial score (nSPS) is 10.6. The van der Waals surface area contributed by atoms with E-state index in [4.69, 9.17) is 9.47 Å². The van der Waals surface area contributed by atoms with Gasteiger partial charge in [0.15, 0.2) is 0 Å². The van der Waals surface area contributed by atoms with Crippen molar-refractivity contribution in [2.75, 3.05) is 6.61 Å². The summed E-state index contributed by atoms with van der Waals surface area (Å²) in [5, 5.41) is 0. The van der Waals surface area contributed by atoms with Crippen molar-refractivity contribution in [2.24, 2.45) is 5.92 Å². The second-order valence-corrected chi connectivity index (χ2v) is 7.01. The van der Waals surface area contributed by atoms with Gasteiger partial charge in [0.25, 0.3) is 0 Å². The van der Waals surface area contributed by atoms with Gasteiger partial charge in [-0.1, -0.05) is 29.8 Å². The molecule has 25 heavy (non-hydrogen) atoms. The van der Waals surface area contributed by atoms with Gasteiger partial charge in [-0.3, -0.25) is 0 Å². The molecule has 2 rings (SSSR count).